The number of hydrogen-bond acceptors (Lipinski definition) is 2. The average Bonchev–Trinajstić information content (AvgIpc) is 2.52. The molecule has 2 nitrogen and oxygen atoms in total. The van der Waals surface area contributed by atoms with Crippen molar-refractivity contribution in [1.82, 2.24) is 0 Å². The molecule has 0 radical (unpaired) electrons. The molecule has 2 saturated carbocycles. The molecule has 0 aromatic rings. The molecule has 0 bridgehead atoms. The van der Waals surface area contributed by atoms with Crippen LogP contribution in [-0.4, -0.2) is 17.5 Å². The fraction of sp³-hybridized carbons (Fsp3) is 0.900. The first-order valence-electron chi connectivity index (χ1n) is 4.68. The maximum atomic E-state index is 11.0. The Bertz CT molecular complexity index is 222. The van der Waals surface area contributed by atoms with E-state index in [-0.39, 0.29) is 22.9 Å². The molecule has 68 valence electrons. The van der Waals surface area contributed by atoms with Crippen LogP contribution < -0.4 is 0 Å². The lowest BCUT2D eigenvalue weighted by molar-refractivity contribution is -0.121. The van der Waals surface area contributed by atoms with E-state index in [0.29, 0.717) is 0 Å². The van der Waals surface area contributed by atoms with E-state index in [4.69, 9.17) is 0 Å². The van der Waals surface area contributed by atoms with Gasteiger partial charge in [-0.05, 0) is 30.6 Å². The number of aliphatic hydroxyl groups excluding tert-OH is 1. The van der Waals surface area contributed by atoms with E-state index in [2.05, 4.69) is 13.8 Å². The van der Waals surface area contributed by atoms with Crippen LogP contribution in [-0.2, 0) is 4.79 Å². The van der Waals surface area contributed by atoms with Gasteiger partial charge in [0, 0.05) is 5.41 Å². The minimum absolute atomic E-state index is 0.140. The van der Waals surface area contributed by atoms with Gasteiger partial charge in [0.2, 0.25) is 0 Å². The number of carbonyl (C=O) groups is 1. The smallest absolute Gasteiger partial charge is 0.127 e. The van der Waals surface area contributed by atoms with Crippen LogP contribution >= 0.6 is 0 Å². The zero-order valence-corrected chi connectivity index (χ0v) is 7.71. The van der Waals surface area contributed by atoms with Gasteiger partial charge < -0.3 is 9.90 Å². The van der Waals surface area contributed by atoms with Gasteiger partial charge in [0.15, 0.2) is 0 Å². The average molecular weight is 168 g/mol. The molecule has 3 atom stereocenters. The first-order chi connectivity index (χ1) is 5.53. The second-order valence-electron chi connectivity index (χ2n) is 4.97. The summed E-state index contributed by atoms with van der Waals surface area (Å²) in [5, 5.41) is 9.49. The van der Waals surface area contributed by atoms with Gasteiger partial charge in [0.05, 0.1) is 6.10 Å². The SMILES string of the molecule is CC1(C)CC1(C=O)C1CCC1O. The van der Waals surface area contributed by atoms with E-state index in [9.17, 15) is 9.90 Å². The lowest BCUT2D eigenvalue weighted by atomic mass is 9.69. The Kier molecular flexibility index (Phi) is 1.45. The summed E-state index contributed by atoms with van der Waals surface area (Å²) in [7, 11) is 0. The largest absolute Gasteiger partial charge is 0.393 e. The van der Waals surface area contributed by atoms with Crippen molar-refractivity contribution in [2.75, 3.05) is 0 Å². The van der Waals surface area contributed by atoms with Gasteiger partial charge in [0.25, 0.3) is 0 Å². The molecule has 0 heterocycles. The van der Waals surface area contributed by atoms with Crippen molar-refractivity contribution in [2.24, 2.45) is 16.7 Å². The zero-order chi connectivity index (χ0) is 8.98. The Balaban J connectivity index is 2.16. The zero-order valence-electron chi connectivity index (χ0n) is 7.71. The van der Waals surface area contributed by atoms with Crippen molar-refractivity contribution in [2.45, 2.75) is 39.2 Å². The topological polar surface area (TPSA) is 37.3 Å². The molecule has 2 aliphatic carbocycles. The Labute approximate surface area is 73.0 Å². The molecular weight excluding hydrogens is 152 g/mol. The number of rotatable bonds is 2. The first-order valence-corrected chi connectivity index (χ1v) is 4.68. The number of aldehydes is 1. The minimum atomic E-state index is -0.211. The summed E-state index contributed by atoms with van der Waals surface area (Å²) >= 11 is 0. The Morgan fingerprint density at radius 2 is 2.00 bits per heavy atom. The lowest BCUT2D eigenvalue weighted by Crippen LogP contribution is -2.41. The van der Waals surface area contributed by atoms with E-state index in [0.717, 1.165) is 25.5 Å². The van der Waals surface area contributed by atoms with Crippen LogP contribution in [0, 0.1) is 16.7 Å². The molecule has 3 unspecified atom stereocenters. The van der Waals surface area contributed by atoms with E-state index < -0.39 is 0 Å². The van der Waals surface area contributed by atoms with Gasteiger partial charge in [0.1, 0.15) is 6.29 Å². The van der Waals surface area contributed by atoms with Crippen molar-refractivity contribution in [3.63, 3.8) is 0 Å². The van der Waals surface area contributed by atoms with Gasteiger partial charge in [-0.1, -0.05) is 13.8 Å². The third-order valence-corrected chi connectivity index (χ3v) is 3.98. The van der Waals surface area contributed by atoms with Crippen molar-refractivity contribution < 1.29 is 9.90 Å². The van der Waals surface area contributed by atoms with Crippen LogP contribution in [0.3, 0.4) is 0 Å². The molecule has 2 fully saturated rings. The molecule has 2 aliphatic rings. The molecule has 0 aliphatic heterocycles. The van der Waals surface area contributed by atoms with Gasteiger partial charge >= 0.3 is 0 Å². The molecule has 2 rings (SSSR count). The molecule has 0 amide bonds. The summed E-state index contributed by atoms with van der Waals surface area (Å²) in [4.78, 5) is 11.0. The highest BCUT2D eigenvalue weighted by molar-refractivity contribution is 5.67. The van der Waals surface area contributed by atoms with E-state index in [1.54, 1.807) is 0 Å². The van der Waals surface area contributed by atoms with Crippen LogP contribution in [0.15, 0.2) is 0 Å². The maximum absolute atomic E-state index is 11.0. The molecule has 2 heteroatoms. The molecule has 1 N–H and O–H groups in total. The number of aliphatic hydroxyl groups is 1. The van der Waals surface area contributed by atoms with Gasteiger partial charge in [-0.2, -0.15) is 0 Å². The Morgan fingerprint density at radius 3 is 2.08 bits per heavy atom. The molecule has 0 spiro atoms. The van der Waals surface area contributed by atoms with E-state index >= 15 is 0 Å². The van der Waals surface area contributed by atoms with E-state index in [1.165, 1.54) is 0 Å². The quantitative estimate of drug-likeness (QED) is 0.632. The van der Waals surface area contributed by atoms with Gasteiger partial charge in [-0.15, -0.1) is 0 Å². The monoisotopic (exact) mass is 168 g/mol. The fourth-order valence-electron chi connectivity index (χ4n) is 2.69. The Morgan fingerprint density at radius 1 is 1.42 bits per heavy atom. The molecule has 12 heavy (non-hydrogen) atoms. The second kappa shape index (κ2) is 2.11. The van der Waals surface area contributed by atoms with Crippen molar-refractivity contribution in [3.8, 4) is 0 Å². The van der Waals surface area contributed by atoms with Crippen molar-refractivity contribution in [3.05, 3.63) is 0 Å². The minimum Gasteiger partial charge on any atom is -0.393 e. The summed E-state index contributed by atoms with van der Waals surface area (Å²) in [5.41, 5.74) is -0.0362. The summed E-state index contributed by atoms with van der Waals surface area (Å²) in [6.07, 6.45) is 3.75. The third-order valence-electron chi connectivity index (χ3n) is 3.98. The molecule has 0 saturated heterocycles. The van der Waals surface area contributed by atoms with Crippen LogP contribution in [0.2, 0.25) is 0 Å². The Hall–Kier alpha value is -0.370. The van der Waals surface area contributed by atoms with Gasteiger partial charge in [-0.3, -0.25) is 0 Å². The van der Waals surface area contributed by atoms with Crippen molar-refractivity contribution in [1.29, 1.82) is 0 Å². The van der Waals surface area contributed by atoms with Crippen LogP contribution in [0.4, 0.5) is 0 Å². The van der Waals surface area contributed by atoms with Crippen molar-refractivity contribution >= 4 is 6.29 Å². The number of carbonyl (C=O) groups excluding carboxylic acids is 1. The standard InChI is InChI=1S/C10H16O2/c1-9(2)5-10(9,6-11)7-3-4-8(7)12/h6-8,12H,3-5H2,1-2H3. The summed E-state index contributed by atoms with van der Waals surface area (Å²) in [6.45, 7) is 4.24. The third kappa shape index (κ3) is 0.764. The van der Waals surface area contributed by atoms with Crippen LogP contribution in [0.1, 0.15) is 33.1 Å². The number of hydrogen-bond donors (Lipinski definition) is 1. The highest BCUT2D eigenvalue weighted by atomic mass is 16.3. The summed E-state index contributed by atoms with van der Waals surface area (Å²) in [6, 6.07) is 0. The first kappa shape index (κ1) is 8.24. The highest BCUT2D eigenvalue weighted by Gasteiger charge is 2.67. The molecule has 0 aromatic heterocycles. The van der Waals surface area contributed by atoms with Crippen LogP contribution in [0.5, 0.6) is 0 Å². The highest BCUT2D eigenvalue weighted by Crippen LogP contribution is 2.69. The van der Waals surface area contributed by atoms with E-state index in [1.807, 2.05) is 0 Å². The van der Waals surface area contributed by atoms with Crippen LogP contribution in [0.25, 0.3) is 0 Å². The molecule has 0 aromatic carbocycles. The predicted octanol–water partition coefficient (Wildman–Crippen LogP) is 1.37. The lowest BCUT2D eigenvalue weighted by Gasteiger charge is -2.38. The normalized spacial score (nSPS) is 49.6. The second-order valence-corrected chi connectivity index (χ2v) is 4.97. The summed E-state index contributed by atoms with van der Waals surface area (Å²) in [5.74, 6) is 0.255. The maximum Gasteiger partial charge on any atom is 0.127 e. The predicted molar refractivity (Wildman–Crippen MR) is 45.6 cm³/mol. The summed E-state index contributed by atoms with van der Waals surface area (Å²) < 4.78 is 0. The van der Waals surface area contributed by atoms with Gasteiger partial charge in [-0.25, -0.2) is 0 Å². The fourth-order valence-corrected chi connectivity index (χ4v) is 2.69. The molecular formula is C10H16O2.